The molecular weight excluding hydrogens is 196 g/mol. The van der Waals surface area contributed by atoms with Gasteiger partial charge in [-0.15, -0.1) is 11.8 Å². The van der Waals surface area contributed by atoms with Gasteiger partial charge in [0.2, 0.25) is 0 Å². The van der Waals surface area contributed by atoms with Gasteiger partial charge in [0, 0.05) is 23.5 Å². The highest BCUT2D eigenvalue weighted by molar-refractivity contribution is 7.99. The summed E-state index contributed by atoms with van der Waals surface area (Å²) in [6.07, 6.45) is 2.87. The summed E-state index contributed by atoms with van der Waals surface area (Å²) in [5.41, 5.74) is 5.48. The SMILES string of the molecule is CCCOCCSc1ccc(N)nc1. The molecular formula is C10H16N2OS. The van der Waals surface area contributed by atoms with E-state index in [0.717, 1.165) is 30.3 Å². The summed E-state index contributed by atoms with van der Waals surface area (Å²) in [5.74, 6) is 1.53. The third-order valence-electron chi connectivity index (χ3n) is 1.60. The maximum atomic E-state index is 5.48. The number of aromatic nitrogens is 1. The summed E-state index contributed by atoms with van der Waals surface area (Å²) in [6.45, 7) is 3.75. The number of nitrogens with zero attached hydrogens (tertiary/aromatic N) is 1. The molecule has 0 bridgehead atoms. The normalized spacial score (nSPS) is 10.4. The molecule has 0 aliphatic heterocycles. The molecule has 3 nitrogen and oxygen atoms in total. The zero-order valence-corrected chi connectivity index (χ0v) is 9.22. The number of pyridine rings is 1. The summed E-state index contributed by atoms with van der Waals surface area (Å²) in [6, 6.07) is 3.79. The molecule has 1 rings (SSSR count). The van der Waals surface area contributed by atoms with E-state index in [1.807, 2.05) is 12.1 Å². The van der Waals surface area contributed by atoms with Gasteiger partial charge in [0.1, 0.15) is 5.82 Å². The van der Waals surface area contributed by atoms with Crippen molar-refractivity contribution in [3.05, 3.63) is 18.3 Å². The van der Waals surface area contributed by atoms with Crippen LogP contribution in [-0.2, 0) is 4.74 Å². The zero-order chi connectivity index (χ0) is 10.2. The lowest BCUT2D eigenvalue weighted by Gasteiger charge is -2.02. The quantitative estimate of drug-likeness (QED) is 0.580. The Balaban J connectivity index is 2.15. The third kappa shape index (κ3) is 4.48. The average Bonchev–Trinajstić information content (AvgIpc) is 2.21. The monoisotopic (exact) mass is 212 g/mol. The van der Waals surface area contributed by atoms with Crippen molar-refractivity contribution in [2.24, 2.45) is 0 Å². The Labute approximate surface area is 89.1 Å². The van der Waals surface area contributed by atoms with Crippen molar-refractivity contribution in [3.63, 3.8) is 0 Å². The van der Waals surface area contributed by atoms with Gasteiger partial charge in [-0.1, -0.05) is 6.92 Å². The lowest BCUT2D eigenvalue weighted by Crippen LogP contribution is -1.98. The van der Waals surface area contributed by atoms with Gasteiger partial charge in [0.15, 0.2) is 0 Å². The summed E-state index contributed by atoms with van der Waals surface area (Å²) in [4.78, 5) is 5.15. The van der Waals surface area contributed by atoms with Crippen molar-refractivity contribution in [2.75, 3.05) is 24.7 Å². The first kappa shape index (κ1) is 11.3. The van der Waals surface area contributed by atoms with E-state index in [9.17, 15) is 0 Å². The van der Waals surface area contributed by atoms with Crippen LogP contribution in [0, 0.1) is 0 Å². The fourth-order valence-corrected chi connectivity index (χ4v) is 1.67. The lowest BCUT2D eigenvalue weighted by molar-refractivity contribution is 0.151. The number of hydrogen-bond acceptors (Lipinski definition) is 4. The first-order valence-corrected chi connectivity index (χ1v) is 5.73. The summed E-state index contributed by atoms with van der Waals surface area (Å²) in [7, 11) is 0. The smallest absolute Gasteiger partial charge is 0.123 e. The fraction of sp³-hybridized carbons (Fsp3) is 0.500. The van der Waals surface area contributed by atoms with E-state index in [2.05, 4.69) is 11.9 Å². The highest BCUT2D eigenvalue weighted by Crippen LogP contribution is 2.16. The van der Waals surface area contributed by atoms with Crippen LogP contribution in [0.3, 0.4) is 0 Å². The molecule has 1 aromatic heterocycles. The minimum absolute atomic E-state index is 0.566. The Morgan fingerprint density at radius 1 is 1.43 bits per heavy atom. The second-order valence-electron chi connectivity index (χ2n) is 2.88. The molecule has 0 aliphatic rings. The molecule has 0 saturated carbocycles. The van der Waals surface area contributed by atoms with E-state index in [0.29, 0.717) is 5.82 Å². The maximum Gasteiger partial charge on any atom is 0.123 e. The number of hydrogen-bond donors (Lipinski definition) is 1. The Morgan fingerprint density at radius 3 is 2.93 bits per heavy atom. The largest absolute Gasteiger partial charge is 0.384 e. The molecule has 0 spiro atoms. The van der Waals surface area contributed by atoms with Crippen molar-refractivity contribution in [1.29, 1.82) is 0 Å². The van der Waals surface area contributed by atoms with Crippen LogP contribution in [0.25, 0.3) is 0 Å². The first-order valence-electron chi connectivity index (χ1n) is 4.75. The van der Waals surface area contributed by atoms with Gasteiger partial charge in [0.05, 0.1) is 6.61 Å². The predicted molar refractivity (Wildman–Crippen MR) is 60.5 cm³/mol. The van der Waals surface area contributed by atoms with E-state index >= 15 is 0 Å². The molecule has 14 heavy (non-hydrogen) atoms. The number of ether oxygens (including phenoxy) is 1. The van der Waals surface area contributed by atoms with Crippen molar-refractivity contribution in [2.45, 2.75) is 18.2 Å². The second-order valence-corrected chi connectivity index (χ2v) is 4.05. The summed E-state index contributed by atoms with van der Waals surface area (Å²) in [5, 5.41) is 0. The van der Waals surface area contributed by atoms with Gasteiger partial charge in [-0.05, 0) is 18.6 Å². The minimum atomic E-state index is 0.566. The first-order chi connectivity index (χ1) is 6.83. The van der Waals surface area contributed by atoms with Crippen LogP contribution in [0.15, 0.2) is 23.2 Å². The highest BCUT2D eigenvalue weighted by atomic mass is 32.2. The van der Waals surface area contributed by atoms with Crippen LogP contribution in [0.5, 0.6) is 0 Å². The molecule has 2 N–H and O–H groups in total. The molecule has 0 fully saturated rings. The molecule has 0 radical (unpaired) electrons. The number of anilines is 1. The van der Waals surface area contributed by atoms with Crippen LogP contribution < -0.4 is 5.73 Å². The number of nitrogen functional groups attached to an aromatic ring is 1. The Kier molecular flexibility index (Phi) is 5.40. The molecule has 4 heteroatoms. The van der Waals surface area contributed by atoms with Gasteiger partial charge in [-0.2, -0.15) is 0 Å². The van der Waals surface area contributed by atoms with E-state index < -0.39 is 0 Å². The topological polar surface area (TPSA) is 48.1 Å². The van der Waals surface area contributed by atoms with E-state index in [4.69, 9.17) is 10.5 Å². The van der Waals surface area contributed by atoms with Crippen molar-refractivity contribution < 1.29 is 4.74 Å². The highest BCUT2D eigenvalue weighted by Gasteiger charge is 1.94. The van der Waals surface area contributed by atoms with Crippen LogP contribution in [0.1, 0.15) is 13.3 Å². The van der Waals surface area contributed by atoms with E-state index in [1.54, 1.807) is 18.0 Å². The maximum absolute atomic E-state index is 5.48. The Morgan fingerprint density at radius 2 is 2.29 bits per heavy atom. The molecule has 1 aromatic rings. The lowest BCUT2D eigenvalue weighted by atomic mass is 10.5. The molecule has 1 heterocycles. The van der Waals surface area contributed by atoms with Gasteiger partial charge >= 0.3 is 0 Å². The van der Waals surface area contributed by atoms with Crippen molar-refractivity contribution >= 4 is 17.6 Å². The Bertz CT molecular complexity index is 251. The van der Waals surface area contributed by atoms with Crippen LogP contribution in [0.2, 0.25) is 0 Å². The summed E-state index contributed by atoms with van der Waals surface area (Å²) >= 11 is 1.74. The van der Waals surface area contributed by atoms with E-state index in [1.165, 1.54) is 0 Å². The van der Waals surface area contributed by atoms with Gasteiger partial charge in [-0.3, -0.25) is 0 Å². The van der Waals surface area contributed by atoms with Crippen LogP contribution >= 0.6 is 11.8 Å². The zero-order valence-electron chi connectivity index (χ0n) is 8.40. The van der Waals surface area contributed by atoms with Crippen LogP contribution in [-0.4, -0.2) is 24.0 Å². The predicted octanol–water partition coefficient (Wildman–Crippen LogP) is 2.18. The van der Waals surface area contributed by atoms with Crippen LogP contribution in [0.4, 0.5) is 5.82 Å². The van der Waals surface area contributed by atoms with Crippen molar-refractivity contribution in [3.8, 4) is 0 Å². The standard InChI is InChI=1S/C10H16N2OS/c1-2-5-13-6-7-14-9-3-4-10(11)12-8-9/h3-4,8H,2,5-7H2,1H3,(H2,11,12). The van der Waals surface area contributed by atoms with E-state index in [-0.39, 0.29) is 0 Å². The average molecular weight is 212 g/mol. The molecule has 0 atom stereocenters. The molecule has 0 saturated heterocycles. The number of thioether (sulfide) groups is 1. The third-order valence-corrected chi connectivity index (χ3v) is 2.55. The molecule has 0 aliphatic carbocycles. The molecule has 0 aromatic carbocycles. The van der Waals surface area contributed by atoms with Gasteiger partial charge < -0.3 is 10.5 Å². The number of rotatable bonds is 6. The van der Waals surface area contributed by atoms with Gasteiger partial charge in [0.25, 0.3) is 0 Å². The van der Waals surface area contributed by atoms with Crippen molar-refractivity contribution in [1.82, 2.24) is 4.98 Å². The second kappa shape index (κ2) is 6.68. The van der Waals surface area contributed by atoms with Gasteiger partial charge in [-0.25, -0.2) is 4.98 Å². The molecule has 0 amide bonds. The Hall–Kier alpha value is -0.740. The fourth-order valence-electron chi connectivity index (χ4n) is 0.942. The summed E-state index contributed by atoms with van der Waals surface area (Å²) < 4.78 is 5.36. The molecule has 0 unspecified atom stereocenters. The molecule has 78 valence electrons. The minimum Gasteiger partial charge on any atom is -0.384 e. The number of nitrogens with two attached hydrogens (primary N) is 1.